The minimum absolute atomic E-state index is 0.109. The normalized spacial score (nSPS) is 21.0. The highest BCUT2D eigenvalue weighted by molar-refractivity contribution is 6.06. The van der Waals surface area contributed by atoms with E-state index in [1.807, 2.05) is 6.92 Å². The number of amides is 1. The molecule has 0 radical (unpaired) electrons. The third-order valence-corrected chi connectivity index (χ3v) is 3.76. The molecule has 1 heterocycles. The lowest BCUT2D eigenvalue weighted by Gasteiger charge is -2.34. The van der Waals surface area contributed by atoms with Crippen molar-refractivity contribution < 1.29 is 9.18 Å². The average Bonchev–Trinajstić information content (AvgIpc) is 3.06. The number of aryl methyl sites for hydroxylation is 1. The Balaban J connectivity index is 2.19. The van der Waals surface area contributed by atoms with E-state index in [-0.39, 0.29) is 11.7 Å². The Bertz CT molecular complexity index is 547. The maximum Gasteiger partial charge on any atom is 0.249 e. The Labute approximate surface area is 106 Å². The first-order chi connectivity index (χ1) is 8.40. The maximum absolute atomic E-state index is 14.1. The van der Waals surface area contributed by atoms with Crippen LogP contribution in [-0.2, 0) is 4.79 Å². The van der Waals surface area contributed by atoms with Gasteiger partial charge in [0.1, 0.15) is 11.4 Å². The molecule has 18 heavy (non-hydrogen) atoms. The summed E-state index contributed by atoms with van der Waals surface area (Å²) < 4.78 is 14.1. The zero-order valence-electron chi connectivity index (χ0n) is 10.9. The average molecular weight is 248 g/mol. The molecule has 1 amide bonds. The standard InChI is InChI=1S/C14H17FN2O/c1-7-6-9(15)11-12(10(7)8-4-5-8)16-13(18)14(2,3)17-11/h6,8,17H,4-5H2,1-3H3,(H,16,18). The van der Waals surface area contributed by atoms with Crippen molar-refractivity contribution in [1.82, 2.24) is 0 Å². The second kappa shape index (κ2) is 3.46. The first kappa shape index (κ1) is 11.5. The van der Waals surface area contributed by atoms with E-state index < -0.39 is 5.54 Å². The Kier molecular flexibility index (Phi) is 2.22. The Morgan fingerprint density at radius 1 is 1.33 bits per heavy atom. The molecule has 1 aliphatic heterocycles. The van der Waals surface area contributed by atoms with Gasteiger partial charge in [-0.05, 0) is 56.7 Å². The van der Waals surface area contributed by atoms with Crippen LogP contribution in [0.4, 0.5) is 15.8 Å². The highest BCUT2D eigenvalue weighted by atomic mass is 19.1. The first-order valence-electron chi connectivity index (χ1n) is 6.33. The molecule has 0 saturated heterocycles. The molecule has 1 aliphatic carbocycles. The monoisotopic (exact) mass is 248 g/mol. The lowest BCUT2D eigenvalue weighted by Crippen LogP contribution is -2.48. The number of carbonyl (C=O) groups is 1. The van der Waals surface area contributed by atoms with Gasteiger partial charge in [0, 0.05) is 0 Å². The van der Waals surface area contributed by atoms with Crippen LogP contribution in [0.2, 0.25) is 0 Å². The Morgan fingerprint density at radius 3 is 2.61 bits per heavy atom. The topological polar surface area (TPSA) is 41.1 Å². The van der Waals surface area contributed by atoms with Crippen molar-refractivity contribution in [2.24, 2.45) is 0 Å². The van der Waals surface area contributed by atoms with Crippen LogP contribution in [0.1, 0.15) is 43.7 Å². The lowest BCUT2D eigenvalue weighted by molar-refractivity contribution is -0.119. The molecule has 1 saturated carbocycles. The van der Waals surface area contributed by atoms with Gasteiger partial charge < -0.3 is 10.6 Å². The van der Waals surface area contributed by atoms with Gasteiger partial charge in [-0.25, -0.2) is 4.39 Å². The van der Waals surface area contributed by atoms with Crippen LogP contribution in [-0.4, -0.2) is 11.4 Å². The second-order valence-electron chi connectivity index (χ2n) is 5.82. The van der Waals surface area contributed by atoms with Crippen molar-refractivity contribution in [3.05, 3.63) is 23.0 Å². The third-order valence-electron chi connectivity index (χ3n) is 3.76. The molecule has 4 heteroatoms. The summed E-state index contributed by atoms with van der Waals surface area (Å²) >= 11 is 0. The van der Waals surface area contributed by atoms with E-state index in [1.165, 1.54) is 0 Å². The molecule has 1 fully saturated rings. The number of hydrogen-bond donors (Lipinski definition) is 2. The molecule has 0 atom stereocenters. The van der Waals surface area contributed by atoms with Crippen LogP contribution < -0.4 is 10.6 Å². The molecule has 0 bridgehead atoms. The molecule has 0 aromatic heterocycles. The molecule has 3 rings (SSSR count). The third kappa shape index (κ3) is 1.59. The van der Waals surface area contributed by atoms with Crippen LogP contribution in [0.5, 0.6) is 0 Å². The molecule has 0 spiro atoms. The van der Waals surface area contributed by atoms with Gasteiger partial charge in [0.05, 0.1) is 11.4 Å². The molecule has 0 unspecified atom stereocenters. The van der Waals surface area contributed by atoms with Gasteiger partial charge in [-0.15, -0.1) is 0 Å². The van der Waals surface area contributed by atoms with Gasteiger partial charge in [0.25, 0.3) is 0 Å². The minimum atomic E-state index is -0.774. The Morgan fingerprint density at radius 2 is 2.00 bits per heavy atom. The molecule has 96 valence electrons. The molecule has 1 aromatic rings. The highest BCUT2D eigenvalue weighted by Gasteiger charge is 2.38. The zero-order valence-corrected chi connectivity index (χ0v) is 10.9. The summed E-state index contributed by atoms with van der Waals surface area (Å²) in [6, 6.07) is 1.56. The van der Waals surface area contributed by atoms with Gasteiger partial charge >= 0.3 is 0 Å². The number of anilines is 2. The van der Waals surface area contributed by atoms with Crippen LogP contribution in [0.15, 0.2) is 6.07 Å². The summed E-state index contributed by atoms with van der Waals surface area (Å²) in [7, 11) is 0. The van der Waals surface area contributed by atoms with Gasteiger partial charge in [0.15, 0.2) is 0 Å². The fourth-order valence-corrected chi connectivity index (χ4v) is 2.58. The van der Waals surface area contributed by atoms with E-state index in [9.17, 15) is 9.18 Å². The zero-order chi connectivity index (χ0) is 13.1. The van der Waals surface area contributed by atoms with E-state index in [0.29, 0.717) is 17.3 Å². The summed E-state index contributed by atoms with van der Waals surface area (Å²) in [6.07, 6.45) is 2.25. The minimum Gasteiger partial charge on any atom is -0.368 e. The van der Waals surface area contributed by atoms with Gasteiger partial charge in [0.2, 0.25) is 5.91 Å². The SMILES string of the molecule is Cc1cc(F)c2c(c1C1CC1)NC(=O)C(C)(C)N2. The molecule has 3 nitrogen and oxygen atoms in total. The summed E-state index contributed by atoms with van der Waals surface area (Å²) in [5.41, 5.74) is 2.34. The van der Waals surface area contributed by atoms with Crippen LogP contribution in [0, 0.1) is 12.7 Å². The number of benzene rings is 1. The fraction of sp³-hybridized carbons (Fsp3) is 0.500. The second-order valence-corrected chi connectivity index (χ2v) is 5.82. The van der Waals surface area contributed by atoms with Crippen molar-refractivity contribution in [3.63, 3.8) is 0 Å². The summed E-state index contributed by atoms with van der Waals surface area (Å²) in [5.74, 6) is 0.0736. The highest BCUT2D eigenvalue weighted by Crippen LogP contribution is 2.49. The summed E-state index contributed by atoms with van der Waals surface area (Å²) in [4.78, 5) is 12.0. The predicted octanol–water partition coefficient (Wildman–Crippen LogP) is 3.15. The number of rotatable bonds is 1. The fourth-order valence-electron chi connectivity index (χ4n) is 2.58. The van der Waals surface area contributed by atoms with E-state index in [4.69, 9.17) is 0 Å². The first-order valence-corrected chi connectivity index (χ1v) is 6.33. The van der Waals surface area contributed by atoms with E-state index in [0.717, 1.165) is 24.0 Å². The number of hydrogen-bond acceptors (Lipinski definition) is 2. The van der Waals surface area contributed by atoms with Gasteiger partial charge in [-0.2, -0.15) is 0 Å². The van der Waals surface area contributed by atoms with Gasteiger partial charge in [-0.3, -0.25) is 4.79 Å². The van der Waals surface area contributed by atoms with E-state index in [2.05, 4.69) is 10.6 Å². The molecule has 2 aliphatic rings. The summed E-state index contributed by atoms with van der Waals surface area (Å²) in [6.45, 7) is 5.41. The van der Waals surface area contributed by atoms with E-state index in [1.54, 1.807) is 19.9 Å². The van der Waals surface area contributed by atoms with Crippen LogP contribution in [0.3, 0.4) is 0 Å². The lowest BCUT2D eigenvalue weighted by atomic mass is 9.94. The number of halogens is 1. The van der Waals surface area contributed by atoms with Crippen molar-refractivity contribution in [1.29, 1.82) is 0 Å². The Hall–Kier alpha value is -1.58. The van der Waals surface area contributed by atoms with Crippen LogP contribution in [0.25, 0.3) is 0 Å². The molecule has 2 N–H and O–H groups in total. The van der Waals surface area contributed by atoms with Gasteiger partial charge in [-0.1, -0.05) is 0 Å². The molecule has 1 aromatic carbocycles. The number of carbonyl (C=O) groups excluding carboxylic acids is 1. The summed E-state index contributed by atoms with van der Waals surface area (Å²) in [5, 5.41) is 5.90. The smallest absolute Gasteiger partial charge is 0.249 e. The van der Waals surface area contributed by atoms with Crippen LogP contribution >= 0.6 is 0 Å². The number of nitrogens with one attached hydrogen (secondary N) is 2. The van der Waals surface area contributed by atoms with Crippen molar-refractivity contribution in [2.45, 2.75) is 45.1 Å². The van der Waals surface area contributed by atoms with Crippen molar-refractivity contribution >= 4 is 17.3 Å². The predicted molar refractivity (Wildman–Crippen MR) is 69.4 cm³/mol. The maximum atomic E-state index is 14.1. The van der Waals surface area contributed by atoms with Crippen molar-refractivity contribution in [3.8, 4) is 0 Å². The quantitative estimate of drug-likeness (QED) is 0.801. The largest absolute Gasteiger partial charge is 0.368 e. The number of fused-ring (bicyclic) bond motifs is 1. The molecular weight excluding hydrogens is 231 g/mol. The van der Waals surface area contributed by atoms with E-state index >= 15 is 0 Å². The molecular formula is C14H17FN2O. The van der Waals surface area contributed by atoms with Crippen molar-refractivity contribution in [2.75, 3.05) is 10.6 Å².